The van der Waals surface area contributed by atoms with E-state index in [1.165, 1.54) is 21.3 Å². The maximum atomic E-state index is 12.8. The second-order valence-electron chi connectivity index (χ2n) is 4.40. The molecule has 0 amide bonds. The molecule has 2 nitrogen and oxygen atoms in total. The lowest BCUT2D eigenvalue weighted by Crippen LogP contribution is -2.27. The third kappa shape index (κ3) is 4.42. The average Bonchev–Trinajstić information content (AvgIpc) is 2.42. The number of hydrogen-bond donors (Lipinski definition) is 2. The van der Waals surface area contributed by atoms with Crippen molar-refractivity contribution in [3.8, 4) is 0 Å². The van der Waals surface area contributed by atoms with Gasteiger partial charge in [-0.2, -0.15) is 0 Å². The fraction of sp³-hybridized carbons (Fsp3) is 0.133. The van der Waals surface area contributed by atoms with Crippen molar-refractivity contribution in [1.29, 1.82) is 0 Å². The molecule has 0 atom stereocenters. The fourth-order valence-electron chi connectivity index (χ4n) is 1.63. The zero-order chi connectivity index (χ0) is 14.5. The van der Waals surface area contributed by atoms with Crippen LogP contribution in [0.2, 0.25) is 0 Å². The maximum Gasteiger partial charge on any atom is 0.171 e. The number of thiocarbonyl (C=S) groups is 1. The third-order valence-electron chi connectivity index (χ3n) is 2.80. The lowest BCUT2D eigenvalue weighted by molar-refractivity contribution is 0.627. The Labute approximate surface area is 136 Å². The van der Waals surface area contributed by atoms with Crippen LogP contribution < -0.4 is 10.6 Å². The summed E-state index contributed by atoms with van der Waals surface area (Å²) in [5.41, 5.74) is 3.17. The minimum Gasteiger partial charge on any atom is -0.358 e. The van der Waals surface area contributed by atoms with Gasteiger partial charge in [-0.05, 0) is 77.1 Å². The zero-order valence-electron chi connectivity index (χ0n) is 10.9. The van der Waals surface area contributed by atoms with E-state index in [9.17, 15) is 4.39 Å². The van der Waals surface area contributed by atoms with Crippen LogP contribution in [-0.4, -0.2) is 5.11 Å². The smallest absolute Gasteiger partial charge is 0.171 e. The van der Waals surface area contributed by atoms with Gasteiger partial charge in [0.05, 0.1) is 0 Å². The normalized spacial score (nSPS) is 10.2. The van der Waals surface area contributed by atoms with Gasteiger partial charge in [-0.1, -0.05) is 18.2 Å². The van der Waals surface area contributed by atoms with E-state index in [1.54, 1.807) is 12.1 Å². The topological polar surface area (TPSA) is 24.1 Å². The summed E-state index contributed by atoms with van der Waals surface area (Å²) >= 11 is 7.53. The number of hydrogen-bond acceptors (Lipinski definition) is 1. The maximum absolute atomic E-state index is 12.8. The molecule has 0 radical (unpaired) electrons. The monoisotopic (exact) mass is 400 g/mol. The van der Waals surface area contributed by atoms with Crippen molar-refractivity contribution in [2.45, 2.75) is 13.5 Å². The van der Waals surface area contributed by atoms with Gasteiger partial charge in [-0.3, -0.25) is 0 Å². The van der Waals surface area contributed by atoms with Crippen LogP contribution in [0.25, 0.3) is 0 Å². The Morgan fingerprint density at radius 2 is 1.90 bits per heavy atom. The molecule has 0 unspecified atom stereocenters. The number of halogens is 2. The predicted molar refractivity (Wildman–Crippen MR) is 93.4 cm³/mol. The highest BCUT2D eigenvalue weighted by molar-refractivity contribution is 14.1. The molecule has 0 aliphatic rings. The van der Waals surface area contributed by atoms with E-state index in [2.05, 4.69) is 40.1 Å². The van der Waals surface area contributed by atoms with Crippen LogP contribution in [0.1, 0.15) is 11.1 Å². The van der Waals surface area contributed by atoms with Crippen LogP contribution in [0.3, 0.4) is 0 Å². The Morgan fingerprint density at radius 1 is 1.20 bits per heavy atom. The van der Waals surface area contributed by atoms with Gasteiger partial charge >= 0.3 is 0 Å². The first-order chi connectivity index (χ1) is 9.54. The van der Waals surface area contributed by atoms with Crippen LogP contribution >= 0.6 is 34.8 Å². The molecule has 0 fully saturated rings. The standard InChI is InChI=1S/C15H14FIN2S/c1-10-2-7-13(8-14(10)17)19-15(20)18-9-11-3-5-12(16)6-4-11/h2-8H,9H2,1H3,(H2,18,19,20). The Morgan fingerprint density at radius 3 is 2.55 bits per heavy atom. The number of anilines is 1. The van der Waals surface area contributed by atoms with Gasteiger partial charge in [-0.25, -0.2) is 4.39 Å². The molecule has 2 N–H and O–H groups in total. The van der Waals surface area contributed by atoms with E-state index in [0.29, 0.717) is 11.7 Å². The quantitative estimate of drug-likeness (QED) is 0.596. The van der Waals surface area contributed by atoms with Crippen LogP contribution in [-0.2, 0) is 6.54 Å². The van der Waals surface area contributed by atoms with Crippen molar-refractivity contribution in [3.63, 3.8) is 0 Å². The van der Waals surface area contributed by atoms with Crippen LogP contribution in [0.15, 0.2) is 42.5 Å². The highest BCUT2D eigenvalue weighted by Gasteiger charge is 2.01. The summed E-state index contributed by atoms with van der Waals surface area (Å²) < 4.78 is 14.0. The van der Waals surface area contributed by atoms with Crippen LogP contribution in [0.4, 0.5) is 10.1 Å². The number of aryl methyl sites for hydroxylation is 1. The lowest BCUT2D eigenvalue weighted by Gasteiger charge is -2.11. The van der Waals surface area contributed by atoms with Crippen molar-refractivity contribution in [3.05, 3.63) is 63.0 Å². The molecule has 2 aromatic rings. The second-order valence-corrected chi connectivity index (χ2v) is 5.97. The average molecular weight is 400 g/mol. The SMILES string of the molecule is Cc1ccc(NC(=S)NCc2ccc(F)cc2)cc1I. The molecule has 0 aliphatic heterocycles. The molecule has 0 bridgehead atoms. The molecule has 0 spiro atoms. The highest BCUT2D eigenvalue weighted by Crippen LogP contribution is 2.16. The van der Waals surface area contributed by atoms with Crippen LogP contribution in [0.5, 0.6) is 0 Å². The Hall–Kier alpha value is -1.21. The van der Waals surface area contributed by atoms with Gasteiger partial charge in [0, 0.05) is 15.8 Å². The molecule has 5 heteroatoms. The summed E-state index contributed by atoms with van der Waals surface area (Å²) in [5, 5.41) is 6.78. The molecule has 20 heavy (non-hydrogen) atoms. The molecule has 0 saturated heterocycles. The summed E-state index contributed by atoms with van der Waals surface area (Å²) in [6, 6.07) is 12.4. The van der Waals surface area contributed by atoms with Gasteiger partial charge in [0.2, 0.25) is 0 Å². The van der Waals surface area contributed by atoms with E-state index in [0.717, 1.165) is 11.3 Å². The Balaban J connectivity index is 1.89. The largest absolute Gasteiger partial charge is 0.358 e. The van der Waals surface area contributed by atoms with E-state index in [4.69, 9.17) is 12.2 Å². The molecule has 0 heterocycles. The molecule has 0 aliphatic carbocycles. The van der Waals surface area contributed by atoms with Gasteiger partial charge < -0.3 is 10.6 Å². The number of rotatable bonds is 3. The molecule has 0 saturated carbocycles. The summed E-state index contributed by atoms with van der Waals surface area (Å²) in [5.74, 6) is -0.233. The van der Waals surface area contributed by atoms with E-state index in [-0.39, 0.29) is 5.82 Å². The summed E-state index contributed by atoms with van der Waals surface area (Å²) in [6.07, 6.45) is 0. The highest BCUT2D eigenvalue weighted by atomic mass is 127. The minimum atomic E-state index is -0.233. The summed E-state index contributed by atoms with van der Waals surface area (Å²) in [6.45, 7) is 2.63. The van der Waals surface area contributed by atoms with Crippen molar-refractivity contribution in [2.24, 2.45) is 0 Å². The van der Waals surface area contributed by atoms with Gasteiger partial charge in [0.25, 0.3) is 0 Å². The van der Waals surface area contributed by atoms with E-state index >= 15 is 0 Å². The second kappa shape index (κ2) is 6.99. The van der Waals surface area contributed by atoms with Crippen molar-refractivity contribution >= 4 is 45.6 Å². The van der Waals surface area contributed by atoms with Crippen molar-refractivity contribution in [1.82, 2.24) is 5.32 Å². The molecule has 2 aromatic carbocycles. The van der Waals surface area contributed by atoms with E-state index < -0.39 is 0 Å². The van der Waals surface area contributed by atoms with Gasteiger partial charge in [-0.15, -0.1) is 0 Å². The molecule has 0 aromatic heterocycles. The first-order valence-corrected chi connectivity index (χ1v) is 7.59. The molecule has 2 rings (SSSR count). The summed E-state index contributed by atoms with van der Waals surface area (Å²) in [4.78, 5) is 0. The zero-order valence-corrected chi connectivity index (χ0v) is 13.9. The van der Waals surface area contributed by atoms with E-state index in [1.807, 2.05) is 18.2 Å². The van der Waals surface area contributed by atoms with Crippen molar-refractivity contribution in [2.75, 3.05) is 5.32 Å². The summed E-state index contributed by atoms with van der Waals surface area (Å²) in [7, 11) is 0. The van der Waals surface area contributed by atoms with Gasteiger partial charge in [0.1, 0.15) is 5.82 Å². The lowest BCUT2D eigenvalue weighted by atomic mass is 10.2. The first-order valence-electron chi connectivity index (χ1n) is 6.10. The predicted octanol–water partition coefficient (Wildman–Crippen LogP) is 4.23. The minimum absolute atomic E-state index is 0.233. The third-order valence-corrected chi connectivity index (χ3v) is 4.20. The number of nitrogens with one attached hydrogen (secondary N) is 2. The van der Waals surface area contributed by atoms with Crippen LogP contribution in [0, 0.1) is 16.3 Å². The Kier molecular flexibility index (Phi) is 5.31. The number of benzene rings is 2. The first kappa shape index (κ1) is 15.2. The molecular weight excluding hydrogens is 386 g/mol. The fourth-order valence-corrected chi connectivity index (χ4v) is 2.34. The van der Waals surface area contributed by atoms with Crippen molar-refractivity contribution < 1.29 is 4.39 Å². The van der Waals surface area contributed by atoms with Gasteiger partial charge in [0.15, 0.2) is 5.11 Å². The molecular formula is C15H14FIN2S. The molecule has 104 valence electrons. The Bertz CT molecular complexity index is 614.